The van der Waals surface area contributed by atoms with Gasteiger partial charge in [0.15, 0.2) is 0 Å². The molecule has 1 heterocycles. The molecule has 2 rings (SSSR count). The van der Waals surface area contributed by atoms with E-state index in [0.717, 1.165) is 10.9 Å². The highest BCUT2D eigenvalue weighted by atomic mass is 31.1. The van der Waals surface area contributed by atoms with Gasteiger partial charge in [-0.3, -0.25) is 14.4 Å². The maximum atomic E-state index is 11.5. The first-order chi connectivity index (χ1) is 8.09. The van der Waals surface area contributed by atoms with E-state index < -0.39 is 17.5 Å². The fraction of sp³-hybridized carbons (Fsp3) is 0.100. The molecular weight excluding hydrogens is 245 g/mol. The van der Waals surface area contributed by atoms with Crippen LogP contribution in [0.4, 0.5) is 0 Å². The van der Waals surface area contributed by atoms with E-state index in [-0.39, 0.29) is 26.7 Å². The lowest BCUT2D eigenvalue weighted by molar-refractivity contribution is -0.151. The van der Waals surface area contributed by atoms with Gasteiger partial charge in [-0.05, 0) is 12.5 Å². The van der Waals surface area contributed by atoms with Crippen LogP contribution >= 0.6 is 8.96 Å². The van der Waals surface area contributed by atoms with Gasteiger partial charge in [0, 0.05) is 11.6 Å². The summed E-state index contributed by atoms with van der Waals surface area (Å²) in [5.74, 6) is -2.09. The van der Waals surface area contributed by atoms with Gasteiger partial charge >= 0.3 is 0 Å². The second-order valence-electron chi connectivity index (χ2n) is 3.27. The molecule has 0 aromatic carbocycles. The van der Waals surface area contributed by atoms with Crippen molar-refractivity contribution in [3.63, 3.8) is 0 Å². The fourth-order valence-electron chi connectivity index (χ4n) is 1.20. The van der Waals surface area contributed by atoms with E-state index in [1.807, 2.05) is 0 Å². The summed E-state index contributed by atoms with van der Waals surface area (Å²) < 4.78 is 4.86. The van der Waals surface area contributed by atoms with Crippen LogP contribution in [-0.4, -0.2) is 22.3 Å². The molecule has 17 heavy (non-hydrogen) atoms. The van der Waals surface area contributed by atoms with E-state index in [0.29, 0.717) is 0 Å². The number of carbonyl (C=O) groups is 3. The Morgan fingerprint density at radius 2 is 2.12 bits per heavy atom. The van der Waals surface area contributed by atoms with E-state index in [1.165, 1.54) is 12.3 Å². The average molecular weight is 253 g/mol. The standard InChI is InChI=1S/C10H8NO5P/c1-6-2-3-7(10(14)9(6)13)16-11-8(12)4-5-15-17-11/h3-5,17H,1-2H2. The minimum atomic E-state index is -0.798. The second kappa shape index (κ2) is 4.51. The van der Waals surface area contributed by atoms with Gasteiger partial charge in [-0.2, -0.15) is 0 Å². The van der Waals surface area contributed by atoms with Crippen LogP contribution in [0.15, 0.2) is 36.3 Å². The zero-order chi connectivity index (χ0) is 12.4. The van der Waals surface area contributed by atoms with Gasteiger partial charge in [-0.15, -0.1) is 4.83 Å². The van der Waals surface area contributed by atoms with Crippen molar-refractivity contribution >= 4 is 26.4 Å². The summed E-state index contributed by atoms with van der Waals surface area (Å²) in [5, 5.41) is 0. The van der Waals surface area contributed by atoms with E-state index in [4.69, 9.17) is 9.36 Å². The van der Waals surface area contributed by atoms with E-state index in [1.54, 1.807) is 0 Å². The number of nitrogens with zero attached hydrogens (tertiary/aromatic N) is 1. The molecule has 0 aromatic heterocycles. The van der Waals surface area contributed by atoms with Crippen LogP contribution in [0, 0.1) is 0 Å². The highest BCUT2D eigenvalue weighted by molar-refractivity contribution is 7.30. The average Bonchev–Trinajstić information content (AvgIpc) is 2.32. The molecule has 88 valence electrons. The lowest BCUT2D eigenvalue weighted by Gasteiger charge is -2.23. The van der Waals surface area contributed by atoms with Gasteiger partial charge in [-0.1, -0.05) is 6.58 Å². The number of hydrogen-bond donors (Lipinski definition) is 0. The number of ketones is 2. The molecule has 1 amide bonds. The predicted molar refractivity (Wildman–Crippen MR) is 58.3 cm³/mol. The Morgan fingerprint density at radius 3 is 2.82 bits per heavy atom. The third-order valence-corrected chi connectivity index (χ3v) is 2.81. The number of carbonyl (C=O) groups excluding carboxylic acids is 3. The SMILES string of the molecule is C=C1CC=C(ON2POC=CC2=O)C(=O)C1=O. The molecule has 0 radical (unpaired) electrons. The quantitative estimate of drug-likeness (QED) is 0.413. The third-order valence-electron chi connectivity index (χ3n) is 2.09. The summed E-state index contributed by atoms with van der Waals surface area (Å²) in [5.41, 5.74) is 0.214. The molecular formula is C10H8NO5P. The summed E-state index contributed by atoms with van der Waals surface area (Å²) >= 11 is 0. The van der Waals surface area contributed by atoms with E-state index >= 15 is 0 Å². The molecule has 1 aliphatic heterocycles. The Kier molecular flexibility index (Phi) is 3.06. The van der Waals surface area contributed by atoms with Crippen molar-refractivity contribution in [3.8, 4) is 0 Å². The van der Waals surface area contributed by atoms with Crippen molar-refractivity contribution in [1.82, 2.24) is 4.83 Å². The topological polar surface area (TPSA) is 72.9 Å². The summed E-state index contributed by atoms with van der Waals surface area (Å²) in [6.45, 7) is 3.46. The molecule has 1 unspecified atom stereocenters. The van der Waals surface area contributed by atoms with Gasteiger partial charge in [0.1, 0.15) is 0 Å². The number of allylic oxidation sites excluding steroid dienone is 3. The number of amides is 1. The fourth-order valence-corrected chi connectivity index (χ4v) is 1.72. The highest BCUT2D eigenvalue weighted by Gasteiger charge is 2.30. The number of rotatable bonds is 2. The Bertz CT molecular complexity index is 479. The largest absolute Gasteiger partial charge is 0.460 e. The van der Waals surface area contributed by atoms with Crippen LogP contribution in [0.3, 0.4) is 0 Å². The van der Waals surface area contributed by atoms with Gasteiger partial charge in [0.25, 0.3) is 11.7 Å². The first-order valence-corrected chi connectivity index (χ1v) is 5.52. The van der Waals surface area contributed by atoms with E-state index in [9.17, 15) is 14.4 Å². The molecule has 0 N–H and O–H groups in total. The minimum Gasteiger partial charge on any atom is -0.460 e. The maximum absolute atomic E-state index is 11.5. The smallest absolute Gasteiger partial charge is 0.288 e. The van der Waals surface area contributed by atoms with Crippen LogP contribution < -0.4 is 0 Å². The molecule has 0 fully saturated rings. The normalized spacial score (nSPS) is 21.6. The Hall–Kier alpha value is -1.94. The molecule has 2 aliphatic rings. The van der Waals surface area contributed by atoms with Crippen LogP contribution in [0.2, 0.25) is 0 Å². The lowest BCUT2D eigenvalue weighted by Crippen LogP contribution is -2.30. The number of hydrogen-bond acceptors (Lipinski definition) is 5. The first-order valence-electron chi connectivity index (χ1n) is 4.66. The van der Waals surface area contributed by atoms with Gasteiger partial charge in [0.2, 0.25) is 20.5 Å². The van der Waals surface area contributed by atoms with Crippen molar-refractivity contribution in [1.29, 1.82) is 0 Å². The van der Waals surface area contributed by atoms with E-state index in [2.05, 4.69) is 6.58 Å². The van der Waals surface area contributed by atoms with Crippen LogP contribution in [0.25, 0.3) is 0 Å². The van der Waals surface area contributed by atoms with Gasteiger partial charge in [-0.25, -0.2) is 0 Å². The molecule has 0 saturated carbocycles. The van der Waals surface area contributed by atoms with Crippen molar-refractivity contribution in [2.24, 2.45) is 0 Å². The molecule has 0 saturated heterocycles. The van der Waals surface area contributed by atoms with Gasteiger partial charge < -0.3 is 9.36 Å². The van der Waals surface area contributed by atoms with Crippen molar-refractivity contribution in [2.45, 2.75) is 6.42 Å². The van der Waals surface area contributed by atoms with Crippen LogP contribution in [-0.2, 0) is 23.7 Å². The minimum absolute atomic E-state index is 0.165. The number of Topliss-reactive ketones (excluding diaryl/α,β-unsaturated/α-hetero) is 2. The zero-order valence-electron chi connectivity index (χ0n) is 8.63. The van der Waals surface area contributed by atoms with Crippen LogP contribution in [0.1, 0.15) is 6.42 Å². The molecule has 1 atom stereocenters. The predicted octanol–water partition coefficient (Wildman–Crippen LogP) is 0.781. The van der Waals surface area contributed by atoms with Crippen molar-refractivity contribution < 1.29 is 23.7 Å². The number of hydroxylamine groups is 1. The van der Waals surface area contributed by atoms with Crippen LogP contribution in [0.5, 0.6) is 0 Å². The summed E-state index contributed by atoms with van der Waals surface area (Å²) in [6.07, 6.45) is 4.06. The molecule has 7 heteroatoms. The zero-order valence-corrected chi connectivity index (χ0v) is 9.63. The Labute approximate surface area is 98.4 Å². The first kappa shape index (κ1) is 11.5. The monoisotopic (exact) mass is 253 g/mol. The molecule has 0 bridgehead atoms. The molecule has 6 nitrogen and oxygen atoms in total. The molecule has 0 spiro atoms. The highest BCUT2D eigenvalue weighted by Crippen LogP contribution is 2.28. The third kappa shape index (κ3) is 2.26. The summed E-state index contributed by atoms with van der Waals surface area (Å²) in [7, 11) is -0.379. The lowest BCUT2D eigenvalue weighted by atomic mass is 9.99. The van der Waals surface area contributed by atoms with Crippen molar-refractivity contribution in [2.75, 3.05) is 0 Å². The Morgan fingerprint density at radius 1 is 1.35 bits per heavy atom. The summed E-state index contributed by atoms with van der Waals surface area (Å²) in [6, 6.07) is 0. The van der Waals surface area contributed by atoms with Gasteiger partial charge in [0.05, 0.1) is 6.26 Å². The summed E-state index contributed by atoms with van der Waals surface area (Å²) in [4.78, 5) is 40.1. The molecule has 1 aliphatic carbocycles. The Balaban J connectivity index is 2.12. The molecule has 0 aromatic rings. The van der Waals surface area contributed by atoms with Crippen molar-refractivity contribution in [3.05, 3.63) is 36.3 Å². The second-order valence-corrected chi connectivity index (χ2v) is 4.09. The maximum Gasteiger partial charge on any atom is 0.288 e.